The Hall–Kier alpha value is -0.530. The Labute approximate surface area is 76.7 Å². The van der Waals surface area contributed by atoms with Crippen LogP contribution in [0, 0.1) is 5.41 Å². The number of hydrogen-bond acceptors (Lipinski definition) is 1. The minimum absolute atomic E-state index is 0.399. The first kappa shape index (κ1) is 11.5. The summed E-state index contributed by atoms with van der Waals surface area (Å²) in [5.74, 6) is 1.11. The monoisotopic (exact) mass is 170 g/mol. The highest BCUT2D eigenvalue weighted by atomic mass is 15.1. The van der Waals surface area contributed by atoms with E-state index < -0.39 is 0 Å². The van der Waals surface area contributed by atoms with E-state index in [4.69, 9.17) is 0 Å². The molecule has 0 aromatic heterocycles. The third kappa shape index (κ3) is 6.20. The highest BCUT2D eigenvalue weighted by molar-refractivity contribution is 5.79. The molecule has 0 spiro atoms. The topological polar surface area (TPSA) is 15.6 Å². The summed E-state index contributed by atoms with van der Waals surface area (Å²) in [6.45, 7) is 9.71. The molecule has 0 rings (SSSR count). The van der Waals surface area contributed by atoms with E-state index >= 15 is 0 Å². The smallest absolute Gasteiger partial charge is 0.0952 e. The highest BCUT2D eigenvalue weighted by Gasteiger charge is 2.08. The molecule has 0 saturated heterocycles. The third-order valence-corrected chi connectivity index (χ3v) is 1.85. The van der Waals surface area contributed by atoms with E-state index in [1.807, 2.05) is 25.9 Å². The van der Waals surface area contributed by atoms with Crippen LogP contribution < -0.4 is 0 Å². The quantitative estimate of drug-likeness (QED) is 0.459. The van der Waals surface area contributed by atoms with E-state index in [9.17, 15) is 0 Å². The minimum Gasteiger partial charge on any atom is -0.367 e. The Morgan fingerprint density at radius 3 is 2.08 bits per heavy atom. The number of aliphatic imine (C=N–C) groups is 1. The van der Waals surface area contributed by atoms with Gasteiger partial charge >= 0.3 is 0 Å². The molecule has 2 heteroatoms. The predicted octanol–water partition coefficient (Wildman–Crippen LogP) is 2.40. The van der Waals surface area contributed by atoms with Crippen LogP contribution in [0.3, 0.4) is 0 Å². The summed E-state index contributed by atoms with van der Waals surface area (Å²) >= 11 is 0. The summed E-state index contributed by atoms with van der Waals surface area (Å²) in [6.07, 6.45) is 1.15. The highest BCUT2D eigenvalue weighted by Crippen LogP contribution is 2.17. The van der Waals surface area contributed by atoms with E-state index in [0.717, 1.165) is 18.8 Å². The third-order valence-electron chi connectivity index (χ3n) is 1.85. The molecule has 0 saturated carbocycles. The van der Waals surface area contributed by atoms with Crippen LogP contribution >= 0.6 is 0 Å². The molecule has 0 aromatic rings. The lowest BCUT2D eigenvalue weighted by Gasteiger charge is -2.17. The second kappa shape index (κ2) is 4.48. The molecule has 72 valence electrons. The summed E-state index contributed by atoms with van der Waals surface area (Å²) in [5.41, 5.74) is 0.399. The molecule has 0 aromatic carbocycles. The molecule has 0 N–H and O–H groups in total. The van der Waals surface area contributed by atoms with Crippen molar-refractivity contribution in [2.24, 2.45) is 10.4 Å². The van der Waals surface area contributed by atoms with Gasteiger partial charge in [0.05, 0.1) is 5.84 Å². The van der Waals surface area contributed by atoms with Gasteiger partial charge in [0.2, 0.25) is 0 Å². The molecular weight excluding hydrogens is 148 g/mol. The molecule has 0 aliphatic rings. The summed E-state index contributed by atoms with van der Waals surface area (Å²) in [4.78, 5) is 6.50. The molecular formula is C10H22N2. The maximum atomic E-state index is 4.45. The Morgan fingerprint density at radius 1 is 1.25 bits per heavy atom. The van der Waals surface area contributed by atoms with E-state index in [0.29, 0.717) is 5.41 Å². The summed E-state index contributed by atoms with van der Waals surface area (Å²) in [7, 11) is 4.05. The van der Waals surface area contributed by atoms with Gasteiger partial charge in [-0.2, -0.15) is 0 Å². The standard InChI is InChI=1S/C10H22N2/c1-9(12(5)6)11-8-7-10(2,3)4/h7-8H2,1-6H3/b11-9+. The van der Waals surface area contributed by atoms with Gasteiger partial charge in [-0.25, -0.2) is 0 Å². The molecule has 0 bridgehead atoms. The van der Waals surface area contributed by atoms with Gasteiger partial charge < -0.3 is 4.90 Å². The van der Waals surface area contributed by atoms with Crippen molar-refractivity contribution in [2.45, 2.75) is 34.1 Å². The first-order valence-electron chi connectivity index (χ1n) is 4.51. The van der Waals surface area contributed by atoms with Gasteiger partial charge in [-0.3, -0.25) is 4.99 Å². The lowest BCUT2D eigenvalue weighted by atomic mass is 9.92. The van der Waals surface area contributed by atoms with Crippen LogP contribution in [0.1, 0.15) is 34.1 Å². The second-order valence-corrected chi connectivity index (χ2v) is 4.63. The number of nitrogens with zero attached hydrogens (tertiary/aromatic N) is 2. The zero-order valence-corrected chi connectivity index (χ0v) is 9.31. The first-order chi connectivity index (χ1) is 5.33. The number of amidine groups is 1. The van der Waals surface area contributed by atoms with Crippen LogP contribution in [0.25, 0.3) is 0 Å². The van der Waals surface area contributed by atoms with Gasteiger partial charge in [0.15, 0.2) is 0 Å². The second-order valence-electron chi connectivity index (χ2n) is 4.63. The van der Waals surface area contributed by atoms with Crippen molar-refractivity contribution in [2.75, 3.05) is 20.6 Å². The Kier molecular flexibility index (Phi) is 4.29. The summed E-state index contributed by atoms with van der Waals surface area (Å²) < 4.78 is 0. The van der Waals surface area contributed by atoms with Crippen LogP contribution in [-0.2, 0) is 0 Å². The predicted molar refractivity (Wildman–Crippen MR) is 55.7 cm³/mol. The maximum absolute atomic E-state index is 4.45. The van der Waals surface area contributed by atoms with Gasteiger partial charge in [-0.05, 0) is 18.8 Å². The molecule has 12 heavy (non-hydrogen) atoms. The fourth-order valence-electron chi connectivity index (χ4n) is 0.695. The van der Waals surface area contributed by atoms with Gasteiger partial charge in [0, 0.05) is 20.6 Å². The molecule has 0 aliphatic carbocycles. The maximum Gasteiger partial charge on any atom is 0.0952 e. The lowest BCUT2D eigenvalue weighted by Crippen LogP contribution is -2.19. The average molecular weight is 170 g/mol. The van der Waals surface area contributed by atoms with E-state index in [2.05, 4.69) is 25.8 Å². The van der Waals surface area contributed by atoms with E-state index in [1.165, 1.54) is 0 Å². The van der Waals surface area contributed by atoms with Gasteiger partial charge in [0.25, 0.3) is 0 Å². The SMILES string of the molecule is C/C(=N\CCC(C)(C)C)N(C)C. The van der Waals surface area contributed by atoms with Crippen molar-refractivity contribution in [3.05, 3.63) is 0 Å². The fraction of sp³-hybridized carbons (Fsp3) is 0.900. The van der Waals surface area contributed by atoms with Crippen molar-refractivity contribution in [3.63, 3.8) is 0 Å². The fourth-order valence-corrected chi connectivity index (χ4v) is 0.695. The van der Waals surface area contributed by atoms with Gasteiger partial charge in [-0.1, -0.05) is 20.8 Å². The van der Waals surface area contributed by atoms with Gasteiger partial charge in [-0.15, -0.1) is 0 Å². The summed E-state index contributed by atoms with van der Waals surface area (Å²) in [6, 6.07) is 0. The van der Waals surface area contributed by atoms with Crippen LogP contribution in [-0.4, -0.2) is 31.4 Å². The molecule has 0 radical (unpaired) electrons. The summed E-state index contributed by atoms with van der Waals surface area (Å²) in [5, 5.41) is 0. The van der Waals surface area contributed by atoms with Crippen LogP contribution in [0.15, 0.2) is 4.99 Å². The number of rotatable bonds is 2. The van der Waals surface area contributed by atoms with E-state index in [1.54, 1.807) is 0 Å². The first-order valence-corrected chi connectivity index (χ1v) is 4.51. The van der Waals surface area contributed by atoms with Crippen molar-refractivity contribution in [1.82, 2.24) is 4.90 Å². The van der Waals surface area contributed by atoms with Crippen LogP contribution in [0.4, 0.5) is 0 Å². The zero-order chi connectivity index (χ0) is 9.78. The van der Waals surface area contributed by atoms with Crippen LogP contribution in [0.2, 0.25) is 0 Å². The van der Waals surface area contributed by atoms with Crippen molar-refractivity contribution in [3.8, 4) is 0 Å². The minimum atomic E-state index is 0.399. The zero-order valence-electron chi connectivity index (χ0n) is 9.31. The Morgan fingerprint density at radius 2 is 1.75 bits per heavy atom. The Bertz CT molecular complexity index is 152. The largest absolute Gasteiger partial charge is 0.367 e. The van der Waals surface area contributed by atoms with Gasteiger partial charge in [0.1, 0.15) is 0 Å². The molecule has 0 unspecified atom stereocenters. The average Bonchev–Trinajstić information content (AvgIpc) is 1.84. The Balaban J connectivity index is 3.75. The molecule has 2 nitrogen and oxygen atoms in total. The normalized spacial score (nSPS) is 13.3. The molecule has 0 amide bonds. The lowest BCUT2D eigenvalue weighted by molar-refractivity contribution is 0.384. The molecule has 0 fully saturated rings. The number of hydrogen-bond donors (Lipinski definition) is 0. The van der Waals surface area contributed by atoms with E-state index in [-0.39, 0.29) is 0 Å². The molecule has 0 aliphatic heterocycles. The van der Waals surface area contributed by atoms with Crippen LogP contribution in [0.5, 0.6) is 0 Å². The van der Waals surface area contributed by atoms with Crippen molar-refractivity contribution >= 4 is 5.84 Å². The molecule has 0 heterocycles. The van der Waals surface area contributed by atoms with Crippen molar-refractivity contribution < 1.29 is 0 Å². The molecule has 0 atom stereocenters. The van der Waals surface area contributed by atoms with Crippen molar-refractivity contribution in [1.29, 1.82) is 0 Å².